The topological polar surface area (TPSA) is 47.4 Å². The fraction of sp³-hybridized carbons (Fsp3) is 0.556. The number of fused-ring (bicyclic) bond motifs is 1. The summed E-state index contributed by atoms with van der Waals surface area (Å²) in [6.07, 6.45) is 1.72. The highest BCUT2D eigenvalue weighted by Crippen LogP contribution is 2.14. The first-order valence-corrected chi connectivity index (χ1v) is 5.18. The average molecular weight is 230 g/mol. The standard InChI is InChI=1S/C9H12ClN3O2/c1-2-15-9(14)7-5-12-3-4-13(10)6-8(12)11-7/h5H,2-4,6H2,1H3. The molecular formula is C9H12ClN3O2. The molecule has 1 aliphatic heterocycles. The monoisotopic (exact) mass is 229 g/mol. The van der Waals surface area contributed by atoms with Gasteiger partial charge in [0.2, 0.25) is 0 Å². The highest BCUT2D eigenvalue weighted by Gasteiger charge is 2.20. The molecule has 0 bridgehead atoms. The highest BCUT2D eigenvalue weighted by atomic mass is 35.5. The molecule has 0 saturated heterocycles. The van der Waals surface area contributed by atoms with Crippen LogP contribution in [0.4, 0.5) is 0 Å². The number of halogens is 1. The van der Waals surface area contributed by atoms with E-state index in [0.717, 1.165) is 18.9 Å². The molecule has 2 rings (SSSR count). The number of hydrogen-bond acceptors (Lipinski definition) is 4. The number of rotatable bonds is 2. The first-order valence-electron chi connectivity index (χ1n) is 4.84. The molecule has 6 heteroatoms. The van der Waals surface area contributed by atoms with Crippen LogP contribution in [0.25, 0.3) is 0 Å². The first-order chi connectivity index (χ1) is 7.20. The lowest BCUT2D eigenvalue weighted by Gasteiger charge is -2.20. The Morgan fingerprint density at radius 3 is 3.20 bits per heavy atom. The second-order valence-electron chi connectivity index (χ2n) is 3.30. The van der Waals surface area contributed by atoms with Crippen molar-refractivity contribution in [2.24, 2.45) is 0 Å². The van der Waals surface area contributed by atoms with Crippen LogP contribution in [0.15, 0.2) is 6.20 Å². The average Bonchev–Trinajstić information content (AvgIpc) is 2.60. The van der Waals surface area contributed by atoms with Crippen LogP contribution in [0.1, 0.15) is 23.2 Å². The molecule has 5 nitrogen and oxygen atoms in total. The Labute approximate surface area is 92.7 Å². The van der Waals surface area contributed by atoms with E-state index in [4.69, 9.17) is 16.5 Å². The summed E-state index contributed by atoms with van der Waals surface area (Å²) >= 11 is 5.86. The molecule has 0 unspecified atom stereocenters. The van der Waals surface area contributed by atoms with E-state index in [1.165, 1.54) is 0 Å². The molecule has 0 atom stereocenters. The van der Waals surface area contributed by atoms with E-state index in [-0.39, 0.29) is 5.97 Å². The van der Waals surface area contributed by atoms with Gasteiger partial charge in [-0.1, -0.05) is 0 Å². The number of imidazole rings is 1. The fourth-order valence-corrected chi connectivity index (χ4v) is 1.71. The maximum absolute atomic E-state index is 11.4. The Hall–Kier alpha value is -1.07. The summed E-state index contributed by atoms with van der Waals surface area (Å²) in [5, 5.41) is 0. The molecule has 82 valence electrons. The molecule has 0 aliphatic carbocycles. The molecule has 1 aliphatic rings. The predicted molar refractivity (Wildman–Crippen MR) is 54.4 cm³/mol. The van der Waals surface area contributed by atoms with Crippen molar-refractivity contribution < 1.29 is 9.53 Å². The zero-order valence-electron chi connectivity index (χ0n) is 8.44. The van der Waals surface area contributed by atoms with Gasteiger partial charge in [0.25, 0.3) is 0 Å². The largest absolute Gasteiger partial charge is 0.461 e. The van der Waals surface area contributed by atoms with Crippen LogP contribution in [0, 0.1) is 0 Å². The Morgan fingerprint density at radius 1 is 1.67 bits per heavy atom. The quantitative estimate of drug-likeness (QED) is 0.561. The summed E-state index contributed by atoms with van der Waals surface area (Å²) in [5.41, 5.74) is 0.360. The normalized spacial score (nSPS) is 16.1. The van der Waals surface area contributed by atoms with Crippen molar-refractivity contribution in [3.05, 3.63) is 17.7 Å². The molecule has 0 saturated carbocycles. The number of carbonyl (C=O) groups excluding carboxylic acids is 1. The lowest BCUT2D eigenvalue weighted by molar-refractivity contribution is 0.0520. The van der Waals surface area contributed by atoms with Crippen LogP contribution >= 0.6 is 11.8 Å². The number of esters is 1. The maximum atomic E-state index is 11.4. The third-order valence-electron chi connectivity index (χ3n) is 2.24. The van der Waals surface area contributed by atoms with E-state index in [2.05, 4.69) is 4.98 Å². The molecule has 0 N–H and O–H groups in total. The molecule has 0 radical (unpaired) electrons. The SMILES string of the molecule is CCOC(=O)c1cn2c(n1)CN(Cl)CC2. The van der Waals surface area contributed by atoms with Gasteiger partial charge in [-0.05, 0) is 18.7 Å². The summed E-state index contributed by atoms with van der Waals surface area (Å²) in [4.78, 5) is 15.6. The van der Waals surface area contributed by atoms with Gasteiger partial charge in [-0.3, -0.25) is 0 Å². The van der Waals surface area contributed by atoms with Gasteiger partial charge in [0.05, 0.1) is 13.2 Å². The van der Waals surface area contributed by atoms with Gasteiger partial charge in [-0.25, -0.2) is 14.2 Å². The van der Waals surface area contributed by atoms with E-state index < -0.39 is 0 Å². The predicted octanol–water partition coefficient (Wildman–Crippen LogP) is 1.03. The number of hydrogen-bond donors (Lipinski definition) is 0. The van der Waals surface area contributed by atoms with Crippen molar-refractivity contribution >= 4 is 17.7 Å². The van der Waals surface area contributed by atoms with Gasteiger partial charge in [-0.2, -0.15) is 0 Å². The van der Waals surface area contributed by atoms with Crippen LogP contribution < -0.4 is 0 Å². The van der Waals surface area contributed by atoms with Gasteiger partial charge in [-0.15, -0.1) is 0 Å². The van der Waals surface area contributed by atoms with Crippen molar-refractivity contribution in [1.82, 2.24) is 14.0 Å². The molecule has 15 heavy (non-hydrogen) atoms. The minimum absolute atomic E-state index is 0.360. The summed E-state index contributed by atoms with van der Waals surface area (Å²) in [5.74, 6) is 0.430. The summed E-state index contributed by atoms with van der Waals surface area (Å²) in [7, 11) is 0. The second-order valence-corrected chi connectivity index (χ2v) is 3.78. The molecule has 1 aromatic heterocycles. The molecule has 2 heterocycles. The van der Waals surface area contributed by atoms with Crippen LogP contribution in [0.2, 0.25) is 0 Å². The zero-order chi connectivity index (χ0) is 10.8. The highest BCUT2D eigenvalue weighted by molar-refractivity contribution is 6.13. The summed E-state index contributed by atoms with van der Waals surface area (Å²) < 4.78 is 8.46. The number of ether oxygens (including phenoxy) is 1. The lowest BCUT2D eigenvalue weighted by atomic mass is 10.4. The van der Waals surface area contributed by atoms with Crippen LogP contribution in [-0.2, 0) is 17.8 Å². The number of carbonyl (C=O) groups is 1. The van der Waals surface area contributed by atoms with E-state index in [1.807, 2.05) is 4.57 Å². The molecule has 0 amide bonds. The fourth-order valence-electron chi connectivity index (χ4n) is 1.53. The number of nitrogens with zero attached hydrogens (tertiary/aromatic N) is 3. The Kier molecular flexibility index (Phi) is 2.93. The maximum Gasteiger partial charge on any atom is 0.358 e. The van der Waals surface area contributed by atoms with Gasteiger partial charge < -0.3 is 9.30 Å². The first kappa shape index (κ1) is 10.4. The van der Waals surface area contributed by atoms with E-state index in [9.17, 15) is 4.79 Å². The Morgan fingerprint density at radius 2 is 2.47 bits per heavy atom. The number of aromatic nitrogens is 2. The molecule has 1 aromatic rings. The van der Waals surface area contributed by atoms with Crippen molar-refractivity contribution in [1.29, 1.82) is 0 Å². The van der Waals surface area contributed by atoms with Gasteiger partial charge in [0.1, 0.15) is 5.82 Å². The van der Waals surface area contributed by atoms with Crippen LogP contribution in [-0.4, -0.2) is 33.1 Å². The zero-order valence-corrected chi connectivity index (χ0v) is 9.20. The molecule has 0 spiro atoms. The van der Waals surface area contributed by atoms with Crippen molar-refractivity contribution in [2.45, 2.75) is 20.0 Å². The van der Waals surface area contributed by atoms with Gasteiger partial charge in [0.15, 0.2) is 5.69 Å². The van der Waals surface area contributed by atoms with E-state index >= 15 is 0 Å². The lowest BCUT2D eigenvalue weighted by Crippen LogP contribution is -2.26. The van der Waals surface area contributed by atoms with E-state index in [1.54, 1.807) is 17.5 Å². The van der Waals surface area contributed by atoms with Crippen LogP contribution in [0.5, 0.6) is 0 Å². The molecule has 0 aromatic carbocycles. The third-order valence-corrected chi connectivity index (χ3v) is 2.53. The third kappa shape index (κ3) is 2.13. The smallest absolute Gasteiger partial charge is 0.358 e. The second kappa shape index (κ2) is 4.20. The summed E-state index contributed by atoms with van der Waals surface area (Å²) in [6, 6.07) is 0. The molecule has 0 fully saturated rings. The van der Waals surface area contributed by atoms with Crippen molar-refractivity contribution in [3.8, 4) is 0 Å². The Bertz CT molecular complexity index is 377. The van der Waals surface area contributed by atoms with Gasteiger partial charge >= 0.3 is 5.97 Å². The minimum atomic E-state index is -0.375. The van der Waals surface area contributed by atoms with E-state index in [0.29, 0.717) is 18.8 Å². The Balaban J connectivity index is 2.19. The van der Waals surface area contributed by atoms with Gasteiger partial charge in [0, 0.05) is 19.3 Å². The summed E-state index contributed by atoms with van der Waals surface area (Å²) in [6.45, 7) is 4.20. The van der Waals surface area contributed by atoms with Crippen molar-refractivity contribution in [3.63, 3.8) is 0 Å². The minimum Gasteiger partial charge on any atom is -0.461 e. The molecular weight excluding hydrogens is 218 g/mol. The van der Waals surface area contributed by atoms with Crippen molar-refractivity contribution in [2.75, 3.05) is 13.2 Å². The van der Waals surface area contributed by atoms with Crippen LogP contribution in [0.3, 0.4) is 0 Å².